The topological polar surface area (TPSA) is 68.3 Å². The molecule has 3 aromatic rings. The summed E-state index contributed by atoms with van der Waals surface area (Å²) in [6.45, 7) is 4.28. The number of hydrogen-bond acceptors (Lipinski definition) is 5. The summed E-state index contributed by atoms with van der Waals surface area (Å²) in [5.74, 6) is 0.673. The summed E-state index contributed by atoms with van der Waals surface area (Å²) in [6.07, 6.45) is 1.64. The summed E-state index contributed by atoms with van der Waals surface area (Å²) < 4.78 is 5.50. The Morgan fingerprint density at radius 2 is 1.83 bits per heavy atom. The molecular formula is C24H24N2O3S. The number of para-hydroxylation sites is 1. The minimum absolute atomic E-state index is 0.0765. The molecule has 1 N–H and O–H groups in total. The highest BCUT2D eigenvalue weighted by Gasteiger charge is 2.12. The highest BCUT2D eigenvalue weighted by molar-refractivity contribution is 7.80. The number of hydrogen-bond donors (Lipinski definition) is 1. The maximum Gasteiger partial charge on any atom is 0.258 e. The summed E-state index contributed by atoms with van der Waals surface area (Å²) in [4.78, 5) is 29.2. The summed E-state index contributed by atoms with van der Waals surface area (Å²) in [5.41, 5.74) is 2.56. The Hall–Kier alpha value is -3.12. The quantitative estimate of drug-likeness (QED) is 0.408. The summed E-state index contributed by atoms with van der Waals surface area (Å²) >= 11 is 5.26. The molecule has 154 valence electrons. The number of aromatic nitrogens is 1. The summed E-state index contributed by atoms with van der Waals surface area (Å²) in [6, 6.07) is 17.1. The standard InChI is InChI=1S/C24H24N2O3S/c1-16(2)17-7-9-20(10-8-17)29-15-24(28)26-14-21(30)12-23(27)19-11-18-5-3-4-6-22(18)25-13-19/h3-11,13,16H,12,14-15H2,1-2H3,(H,26,28). The predicted octanol–water partition coefficient (Wildman–Crippen LogP) is 4.50. The minimum atomic E-state index is -0.287. The molecule has 0 saturated carbocycles. The molecule has 1 aromatic heterocycles. The van der Waals surface area contributed by atoms with Crippen LogP contribution in [-0.2, 0) is 4.79 Å². The van der Waals surface area contributed by atoms with Crippen LogP contribution in [0, 0.1) is 0 Å². The SMILES string of the molecule is CC(C)c1ccc(OCC(=O)NCC(=S)CC(=O)c2cnc3ccccc3c2)cc1. The number of Topliss-reactive ketones (excluding diaryl/α,β-unsaturated/α-hetero) is 1. The van der Waals surface area contributed by atoms with Gasteiger partial charge in [0.25, 0.3) is 5.91 Å². The van der Waals surface area contributed by atoms with E-state index >= 15 is 0 Å². The number of ether oxygens (including phenoxy) is 1. The van der Waals surface area contributed by atoms with Gasteiger partial charge in [-0.2, -0.15) is 0 Å². The molecule has 1 heterocycles. The van der Waals surface area contributed by atoms with Crippen molar-refractivity contribution in [2.24, 2.45) is 0 Å². The third kappa shape index (κ3) is 5.94. The Kier molecular flexibility index (Phi) is 7.25. The maximum absolute atomic E-state index is 12.5. The molecule has 0 bridgehead atoms. The second-order valence-electron chi connectivity index (χ2n) is 7.34. The number of thiocarbonyl (C=S) groups is 1. The zero-order valence-corrected chi connectivity index (χ0v) is 17.9. The van der Waals surface area contributed by atoms with E-state index in [2.05, 4.69) is 24.1 Å². The van der Waals surface area contributed by atoms with Gasteiger partial charge in [-0.05, 0) is 35.7 Å². The zero-order valence-electron chi connectivity index (χ0n) is 17.1. The number of carbonyl (C=O) groups is 2. The molecule has 0 aliphatic rings. The number of fused-ring (bicyclic) bond motifs is 1. The molecule has 6 heteroatoms. The van der Waals surface area contributed by atoms with E-state index in [9.17, 15) is 9.59 Å². The first-order chi connectivity index (χ1) is 14.4. The van der Waals surface area contributed by atoms with Crippen molar-refractivity contribution in [3.8, 4) is 5.75 Å². The van der Waals surface area contributed by atoms with E-state index < -0.39 is 0 Å². The Labute approximate surface area is 181 Å². The van der Waals surface area contributed by atoms with Crippen molar-refractivity contribution < 1.29 is 14.3 Å². The van der Waals surface area contributed by atoms with Crippen LogP contribution in [0.1, 0.15) is 42.1 Å². The Morgan fingerprint density at radius 3 is 2.57 bits per heavy atom. The number of nitrogens with one attached hydrogen (secondary N) is 1. The van der Waals surface area contributed by atoms with E-state index in [-0.39, 0.29) is 31.3 Å². The molecule has 0 saturated heterocycles. The normalized spacial score (nSPS) is 10.8. The number of carbonyl (C=O) groups excluding carboxylic acids is 2. The van der Waals surface area contributed by atoms with Gasteiger partial charge in [-0.3, -0.25) is 14.6 Å². The van der Waals surface area contributed by atoms with E-state index in [1.165, 1.54) is 5.56 Å². The number of amides is 1. The fraction of sp³-hybridized carbons (Fsp3) is 0.250. The van der Waals surface area contributed by atoms with Crippen LogP contribution in [0.5, 0.6) is 5.75 Å². The van der Waals surface area contributed by atoms with Crippen molar-refractivity contribution in [3.05, 3.63) is 71.9 Å². The number of pyridine rings is 1. The van der Waals surface area contributed by atoms with Crippen LogP contribution >= 0.6 is 12.2 Å². The molecule has 0 atom stereocenters. The molecule has 2 aromatic carbocycles. The van der Waals surface area contributed by atoms with Gasteiger partial charge in [0.05, 0.1) is 5.52 Å². The van der Waals surface area contributed by atoms with Gasteiger partial charge in [-0.15, -0.1) is 0 Å². The lowest BCUT2D eigenvalue weighted by Crippen LogP contribution is -2.33. The first-order valence-electron chi connectivity index (χ1n) is 9.81. The first kappa shape index (κ1) is 21.6. The molecule has 30 heavy (non-hydrogen) atoms. The van der Waals surface area contributed by atoms with E-state index in [0.717, 1.165) is 10.9 Å². The van der Waals surface area contributed by atoms with Crippen LogP contribution in [0.2, 0.25) is 0 Å². The van der Waals surface area contributed by atoms with E-state index in [0.29, 0.717) is 22.1 Å². The second kappa shape index (κ2) is 10.1. The fourth-order valence-electron chi connectivity index (χ4n) is 2.91. The van der Waals surface area contributed by atoms with Crippen molar-refractivity contribution in [2.45, 2.75) is 26.2 Å². The molecule has 0 radical (unpaired) electrons. The third-order valence-corrected chi connectivity index (χ3v) is 4.96. The molecule has 1 amide bonds. The van der Waals surface area contributed by atoms with Crippen molar-refractivity contribution in [2.75, 3.05) is 13.2 Å². The molecule has 3 rings (SSSR count). The second-order valence-corrected chi connectivity index (χ2v) is 7.92. The van der Waals surface area contributed by atoms with Gasteiger partial charge in [0.1, 0.15) is 5.75 Å². The molecule has 0 spiro atoms. The van der Waals surface area contributed by atoms with Gasteiger partial charge in [0, 0.05) is 35.0 Å². The van der Waals surface area contributed by atoms with Crippen LogP contribution in [0.3, 0.4) is 0 Å². The molecular weight excluding hydrogens is 396 g/mol. The largest absolute Gasteiger partial charge is 0.484 e. The third-order valence-electron chi connectivity index (χ3n) is 4.67. The highest BCUT2D eigenvalue weighted by atomic mass is 32.1. The van der Waals surface area contributed by atoms with Crippen LogP contribution in [0.25, 0.3) is 10.9 Å². The summed E-state index contributed by atoms with van der Waals surface area (Å²) in [7, 11) is 0. The van der Waals surface area contributed by atoms with Gasteiger partial charge in [0.2, 0.25) is 0 Å². The van der Waals surface area contributed by atoms with Gasteiger partial charge >= 0.3 is 0 Å². The van der Waals surface area contributed by atoms with Crippen LogP contribution in [0.15, 0.2) is 60.8 Å². The van der Waals surface area contributed by atoms with Gasteiger partial charge in [0.15, 0.2) is 12.4 Å². The fourth-order valence-corrected chi connectivity index (χ4v) is 3.12. The number of benzene rings is 2. The Bertz CT molecular complexity index is 1060. The highest BCUT2D eigenvalue weighted by Crippen LogP contribution is 2.18. The van der Waals surface area contributed by atoms with E-state index in [4.69, 9.17) is 17.0 Å². The first-order valence-corrected chi connectivity index (χ1v) is 10.2. The molecule has 0 fully saturated rings. The van der Waals surface area contributed by atoms with Crippen molar-refractivity contribution in [3.63, 3.8) is 0 Å². The van der Waals surface area contributed by atoms with E-state index in [1.54, 1.807) is 6.20 Å². The zero-order chi connectivity index (χ0) is 21.5. The Morgan fingerprint density at radius 1 is 1.10 bits per heavy atom. The number of nitrogens with zero attached hydrogens (tertiary/aromatic N) is 1. The van der Waals surface area contributed by atoms with Crippen LogP contribution < -0.4 is 10.1 Å². The molecule has 5 nitrogen and oxygen atoms in total. The lowest BCUT2D eigenvalue weighted by Gasteiger charge is -2.10. The van der Waals surface area contributed by atoms with Gasteiger partial charge in [-0.25, -0.2) is 0 Å². The van der Waals surface area contributed by atoms with Crippen molar-refractivity contribution >= 4 is 39.7 Å². The van der Waals surface area contributed by atoms with Crippen LogP contribution in [-0.4, -0.2) is 34.7 Å². The van der Waals surface area contributed by atoms with E-state index in [1.807, 2.05) is 54.6 Å². The minimum Gasteiger partial charge on any atom is -0.484 e. The van der Waals surface area contributed by atoms with Crippen molar-refractivity contribution in [1.29, 1.82) is 0 Å². The molecule has 0 aliphatic heterocycles. The monoisotopic (exact) mass is 420 g/mol. The molecule has 0 unspecified atom stereocenters. The average molecular weight is 421 g/mol. The lowest BCUT2D eigenvalue weighted by atomic mass is 10.0. The number of rotatable bonds is 9. The number of ketones is 1. The van der Waals surface area contributed by atoms with Gasteiger partial charge < -0.3 is 10.1 Å². The van der Waals surface area contributed by atoms with Gasteiger partial charge in [-0.1, -0.05) is 56.4 Å². The Balaban J connectivity index is 1.44. The molecule has 0 aliphatic carbocycles. The summed E-state index contributed by atoms with van der Waals surface area (Å²) in [5, 5.41) is 3.60. The van der Waals surface area contributed by atoms with Crippen molar-refractivity contribution in [1.82, 2.24) is 10.3 Å². The smallest absolute Gasteiger partial charge is 0.258 e. The average Bonchev–Trinajstić information content (AvgIpc) is 2.76. The lowest BCUT2D eigenvalue weighted by molar-refractivity contribution is -0.122. The van der Waals surface area contributed by atoms with Crippen LogP contribution in [0.4, 0.5) is 0 Å². The predicted molar refractivity (Wildman–Crippen MR) is 122 cm³/mol. The maximum atomic E-state index is 12.5.